The van der Waals surface area contributed by atoms with Crippen molar-refractivity contribution >= 4 is 22.6 Å². The van der Waals surface area contributed by atoms with Gasteiger partial charge in [0.1, 0.15) is 11.3 Å². The molecular weight excluding hydrogens is 277 g/mol. The molecule has 0 spiro atoms. The number of benzene rings is 1. The molecule has 0 saturated heterocycles. The van der Waals surface area contributed by atoms with Gasteiger partial charge in [0.15, 0.2) is 5.82 Å². The van der Waals surface area contributed by atoms with Gasteiger partial charge in [-0.05, 0) is 23.8 Å². The predicted molar refractivity (Wildman–Crippen MR) is 77.5 cm³/mol. The van der Waals surface area contributed by atoms with Crippen molar-refractivity contribution in [2.45, 2.75) is 13.0 Å². The molecule has 102 valence electrons. The van der Waals surface area contributed by atoms with Gasteiger partial charge < -0.3 is 4.57 Å². The number of fused-ring (bicyclic) bond motifs is 1. The smallest absolute Gasteiger partial charge is 0.151 e. The van der Waals surface area contributed by atoms with Gasteiger partial charge in [-0.3, -0.25) is 4.98 Å². The molecule has 0 bridgehead atoms. The Labute approximate surface area is 121 Å². The number of pyridine rings is 1. The van der Waals surface area contributed by atoms with Crippen molar-refractivity contribution in [3.8, 4) is 0 Å². The van der Waals surface area contributed by atoms with Crippen LogP contribution in [0.2, 0.25) is 0 Å². The van der Waals surface area contributed by atoms with E-state index in [1.165, 1.54) is 6.07 Å². The average molecular weight is 290 g/mol. The first kappa shape index (κ1) is 13.1. The topological polar surface area (TPSA) is 30.7 Å². The van der Waals surface area contributed by atoms with Crippen molar-refractivity contribution in [2.75, 3.05) is 5.88 Å². The Morgan fingerprint density at radius 2 is 2.10 bits per heavy atom. The number of hydrogen-bond donors (Lipinski definition) is 0. The molecule has 0 atom stereocenters. The number of halogens is 2. The highest BCUT2D eigenvalue weighted by Crippen LogP contribution is 2.21. The van der Waals surface area contributed by atoms with Crippen LogP contribution in [0.1, 0.15) is 11.4 Å². The molecule has 0 aliphatic rings. The zero-order chi connectivity index (χ0) is 13.9. The van der Waals surface area contributed by atoms with E-state index in [2.05, 4.69) is 9.97 Å². The average Bonchev–Trinajstić information content (AvgIpc) is 2.81. The number of rotatable bonds is 4. The lowest BCUT2D eigenvalue weighted by molar-refractivity contribution is 0.637. The molecule has 3 rings (SSSR count). The summed E-state index contributed by atoms with van der Waals surface area (Å²) < 4.78 is 15.8. The van der Waals surface area contributed by atoms with E-state index in [1.54, 1.807) is 18.5 Å². The van der Waals surface area contributed by atoms with E-state index in [9.17, 15) is 4.39 Å². The molecule has 0 aliphatic heterocycles. The lowest BCUT2D eigenvalue weighted by Crippen LogP contribution is -2.06. The number of imidazole rings is 1. The normalized spacial score (nSPS) is 11.1. The summed E-state index contributed by atoms with van der Waals surface area (Å²) in [5, 5.41) is 0. The summed E-state index contributed by atoms with van der Waals surface area (Å²) in [5.41, 5.74) is 2.23. The predicted octanol–water partition coefficient (Wildman–Crippen LogP) is 3.40. The van der Waals surface area contributed by atoms with Crippen LogP contribution in [0, 0.1) is 5.82 Å². The summed E-state index contributed by atoms with van der Waals surface area (Å²) in [6, 6.07) is 8.87. The third-order valence-electron chi connectivity index (χ3n) is 3.19. The summed E-state index contributed by atoms with van der Waals surface area (Å²) in [6.07, 6.45) is 4.14. The maximum absolute atomic E-state index is 13.8. The van der Waals surface area contributed by atoms with Crippen LogP contribution in [0.3, 0.4) is 0 Å². The van der Waals surface area contributed by atoms with Gasteiger partial charge in [-0.2, -0.15) is 0 Å². The second-order valence-electron chi connectivity index (χ2n) is 4.52. The molecule has 0 unspecified atom stereocenters. The molecular formula is C15H13ClFN3. The van der Waals surface area contributed by atoms with Crippen LogP contribution in [-0.2, 0) is 13.0 Å². The standard InChI is InChI=1S/C15H13ClFN3/c16-7-6-14-19-15-12(17)4-1-5-13(15)20(14)10-11-3-2-8-18-9-11/h1-5,8-9H,6-7,10H2. The monoisotopic (exact) mass is 289 g/mol. The molecule has 3 nitrogen and oxygen atoms in total. The van der Waals surface area contributed by atoms with E-state index in [0.29, 0.717) is 24.4 Å². The largest absolute Gasteiger partial charge is 0.323 e. The molecule has 0 fully saturated rings. The van der Waals surface area contributed by atoms with E-state index >= 15 is 0 Å². The maximum Gasteiger partial charge on any atom is 0.151 e. The molecule has 2 aromatic heterocycles. The number of aryl methyl sites for hydroxylation is 1. The minimum absolute atomic E-state index is 0.303. The molecule has 0 N–H and O–H groups in total. The first-order valence-corrected chi connectivity index (χ1v) is 6.91. The molecule has 0 saturated carbocycles. The second kappa shape index (κ2) is 5.59. The van der Waals surface area contributed by atoms with E-state index < -0.39 is 0 Å². The fourth-order valence-electron chi connectivity index (χ4n) is 2.29. The molecule has 1 aromatic carbocycles. The van der Waals surface area contributed by atoms with Crippen LogP contribution in [0.15, 0.2) is 42.7 Å². The number of nitrogens with zero attached hydrogens (tertiary/aromatic N) is 3. The van der Waals surface area contributed by atoms with Crippen LogP contribution in [0.4, 0.5) is 4.39 Å². The molecule has 0 aliphatic carbocycles. The molecule has 0 radical (unpaired) electrons. The summed E-state index contributed by atoms with van der Waals surface area (Å²) in [5.74, 6) is 0.949. The Bertz CT molecular complexity index is 725. The molecule has 2 heterocycles. The van der Waals surface area contributed by atoms with Crippen molar-refractivity contribution in [1.29, 1.82) is 0 Å². The quantitative estimate of drug-likeness (QED) is 0.689. The van der Waals surface area contributed by atoms with Crippen LogP contribution < -0.4 is 0 Å². The highest BCUT2D eigenvalue weighted by Gasteiger charge is 2.13. The number of alkyl halides is 1. The maximum atomic E-state index is 13.8. The molecule has 3 aromatic rings. The van der Waals surface area contributed by atoms with Crippen molar-refractivity contribution in [3.05, 3.63) is 59.9 Å². The highest BCUT2D eigenvalue weighted by atomic mass is 35.5. The number of aromatic nitrogens is 3. The summed E-state index contributed by atoms with van der Waals surface area (Å²) >= 11 is 5.82. The minimum atomic E-state index is -0.303. The van der Waals surface area contributed by atoms with Gasteiger partial charge in [0.05, 0.1) is 12.1 Å². The first-order valence-electron chi connectivity index (χ1n) is 6.38. The van der Waals surface area contributed by atoms with E-state index in [-0.39, 0.29) is 5.82 Å². The van der Waals surface area contributed by atoms with Crippen LogP contribution in [-0.4, -0.2) is 20.4 Å². The van der Waals surface area contributed by atoms with Crippen LogP contribution in [0.5, 0.6) is 0 Å². The van der Waals surface area contributed by atoms with Gasteiger partial charge >= 0.3 is 0 Å². The zero-order valence-corrected chi connectivity index (χ0v) is 11.5. The first-order chi connectivity index (χ1) is 9.79. The van der Waals surface area contributed by atoms with E-state index in [1.807, 2.05) is 22.8 Å². The highest BCUT2D eigenvalue weighted by molar-refractivity contribution is 6.17. The Kier molecular flexibility index (Phi) is 3.65. The molecule has 20 heavy (non-hydrogen) atoms. The van der Waals surface area contributed by atoms with Gasteiger partial charge in [0.2, 0.25) is 0 Å². The lowest BCUT2D eigenvalue weighted by atomic mass is 10.2. The lowest BCUT2D eigenvalue weighted by Gasteiger charge is -2.08. The van der Waals surface area contributed by atoms with Gasteiger partial charge in [-0.25, -0.2) is 9.37 Å². The van der Waals surface area contributed by atoms with Gasteiger partial charge in [-0.1, -0.05) is 12.1 Å². The Morgan fingerprint density at radius 3 is 2.85 bits per heavy atom. The van der Waals surface area contributed by atoms with Crippen molar-refractivity contribution in [2.24, 2.45) is 0 Å². The van der Waals surface area contributed by atoms with Gasteiger partial charge in [0, 0.05) is 24.7 Å². The Balaban J connectivity index is 2.12. The number of para-hydroxylation sites is 1. The van der Waals surface area contributed by atoms with Crippen molar-refractivity contribution in [3.63, 3.8) is 0 Å². The summed E-state index contributed by atoms with van der Waals surface area (Å²) in [4.78, 5) is 8.49. The van der Waals surface area contributed by atoms with Crippen LogP contribution >= 0.6 is 11.6 Å². The number of hydrogen-bond acceptors (Lipinski definition) is 2. The third-order valence-corrected chi connectivity index (χ3v) is 3.38. The Hall–Kier alpha value is -1.94. The molecule has 0 amide bonds. The SMILES string of the molecule is Fc1cccc2c1nc(CCCl)n2Cc1cccnc1. The van der Waals surface area contributed by atoms with Crippen LogP contribution in [0.25, 0.3) is 11.0 Å². The third kappa shape index (κ3) is 2.39. The zero-order valence-electron chi connectivity index (χ0n) is 10.8. The van der Waals surface area contributed by atoms with Gasteiger partial charge in [-0.15, -0.1) is 11.6 Å². The molecule has 5 heteroatoms. The second-order valence-corrected chi connectivity index (χ2v) is 4.90. The minimum Gasteiger partial charge on any atom is -0.323 e. The summed E-state index contributed by atoms with van der Waals surface area (Å²) in [7, 11) is 0. The van der Waals surface area contributed by atoms with E-state index in [4.69, 9.17) is 11.6 Å². The van der Waals surface area contributed by atoms with Crippen molar-refractivity contribution in [1.82, 2.24) is 14.5 Å². The van der Waals surface area contributed by atoms with Crippen molar-refractivity contribution < 1.29 is 4.39 Å². The Morgan fingerprint density at radius 1 is 1.20 bits per heavy atom. The fraction of sp³-hybridized carbons (Fsp3) is 0.200. The fourth-order valence-corrected chi connectivity index (χ4v) is 2.46. The van der Waals surface area contributed by atoms with E-state index in [0.717, 1.165) is 16.9 Å². The van der Waals surface area contributed by atoms with Gasteiger partial charge in [0.25, 0.3) is 0 Å². The summed E-state index contributed by atoms with van der Waals surface area (Å²) in [6.45, 7) is 0.611.